The zero-order chi connectivity index (χ0) is 12.0. The van der Waals surface area contributed by atoms with Crippen LogP contribution in [0.3, 0.4) is 0 Å². The lowest BCUT2D eigenvalue weighted by Crippen LogP contribution is -2.43. The van der Waals surface area contributed by atoms with Gasteiger partial charge in [-0.25, -0.2) is 13.4 Å². The first-order valence-corrected chi connectivity index (χ1v) is 7.86. The highest BCUT2D eigenvalue weighted by Gasteiger charge is 2.39. The molecule has 2 rings (SSSR count). The minimum Gasteiger partial charge on any atom is -0.324 e. The molecule has 1 saturated heterocycles. The third kappa shape index (κ3) is 2.44. The van der Waals surface area contributed by atoms with E-state index in [4.69, 9.17) is 5.73 Å². The molecule has 1 aromatic rings. The second-order valence-corrected chi connectivity index (χ2v) is 8.10. The summed E-state index contributed by atoms with van der Waals surface area (Å²) < 4.78 is 22.8. The fourth-order valence-electron chi connectivity index (χ4n) is 2.00. The molecule has 6 heteroatoms. The summed E-state index contributed by atoms with van der Waals surface area (Å²) in [7, 11) is -2.93. The van der Waals surface area contributed by atoms with E-state index in [1.165, 1.54) is 4.88 Å². The summed E-state index contributed by atoms with van der Waals surface area (Å²) in [6, 6.07) is 0. The highest BCUT2D eigenvalue weighted by atomic mass is 32.2. The number of nitrogens with two attached hydrogens (primary N) is 1. The first kappa shape index (κ1) is 12.0. The zero-order valence-corrected chi connectivity index (χ0v) is 11.1. The van der Waals surface area contributed by atoms with Crippen LogP contribution in [-0.2, 0) is 16.3 Å². The van der Waals surface area contributed by atoms with Gasteiger partial charge in [-0.05, 0) is 20.3 Å². The molecule has 0 amide bonds. The molecule has 90 valence electrons. The maximum Gasteiger partial charge on any atom is 0.152 e. The molecule has 16 heavy (non-hydrogen) atoms. The molecule has 1 unspecified atom stereocenters. The van der Waals surface area contributed by atoms with Crippen LogP contribution in [0.1, 0.15) is 22.0 Å². The third-order valence-electron chi connectivity index (χ3n) is 2.99. The molecule has 1 aromatic heterocycles. The molecule has 0 bridgehead atoms. The van der Waals surface area contributed by atoms with E-state index in [2.05, 4.69) is 4.98 Å². The predicted molar refractivity (Wildman–Crippen MR) is 65.5 cm³/mol. The Bertz CT molecular complexity index is 487. The molecule has 2 heterocycles. The van der Waals surface area contributed by atoms with Gasteiger partial charge in [0, 0.05) is 16.8 Å². The van der Waals surface area contributed by atoms with Crippen molar-refractivity contribution in [3.8, 4) is 0 Å². The fourth-order valence-corrected chi connectivity index (χ4v) is 5.07. The van der Waals surface area contributed by atoms with E-state index in [1.807, 2.05) is 13.8 Å². The van der Waals surface area contributed by atoms with Crippen molar-refractivity contribution in [1.29, 1.82) is 0 Å². The van der Waals surface area contributed by atoms with Crippen molar-refractivity contribution in [2.24, 2.45) is 5.73 Å². The molecule has 0 aliphatic carbocycles. The van der Waals surface area contributed by atoms with Gasteiger partial charge >= 0.3 is 0 Å². The molecule has 1 atom stereocenters. The fraction of sp³-hybridized carbons (Fsp3) is 0.700. The van der Waals surface area contributed by atoms with Crippen LogP contribution in [0.15, 0.2) is 0 Å². The van der Waals surface area contributed by atoms with Crippen molar-refractivity contribution >= 4 is 21.2 Å². The lowest BCUT2D eigenvalue weighted by molar-refractivity contribution is 0.475. The Kier molecular flexibility index (Phi) is 2.84. The highest BCUT2D eigenvalue weighted by Crippen LogP contribution is 2.27. The highest BCUT2D eigenvalue weighted by molar-refractivity contribution is 7.91. The molecule has 1 aliphatic rings. The topological polar surface area (TPSA) is 73.0 Å². The standard InChI is InChI=1S/C10H16N2O2S2/c1-7-8(2)15-9(12-7)5-10(11)3-4-16(13,14)6-10/h3-6,11H2,1-2H3. The Balaban J connectivity index is 2.16. The van der Waals surface area contributed by atoms with Gasteiger partial charge in [0.15, 0.2) is 9.84 Å². The van der Waals surface area contributed by atoms with Crippen LogP contribution >= 0.6 is 11.3 Å². The van der Waals surface area contributed by atoms with Crippen LogP contribution in [0, 0.1) is 13.8 Å². The summed E-state index contributed by atoms with van der Waals surface area (Å²) in [6.07, 6.45) is 1.12. The Morgan fingerprint density at radius 1 is 1.50 bits per heavy atom. The third-order valence-corrected chi connectivity index (χ3v) is 5.91. The Morgan fingerprint density at radius 2 is 2.19 bits per heavy atom. The van der Waals surface area contributed by atoms with Crippen LogP contribution in [0.2, 0.25) is 0 Å². The summed E-state index contributed by atoms with van der Waals surface area (Å²) >= 11 is 1.61. The average molecular weight is 260 g/mol. The molecule has 0 saturated carbocycles. The summed E-state index contributed by atoms with van der Waals surface area (Å²) in [4.78, 5) is 5.59. The Hall–Kier alpha value is -0.460. The van der Waals surface area contributed by atoms with Crippen molar-refractivity contribution in [3.63, 3.8) is 0 Å². The smallest absolute Gasteiger partial charge is 0.152 e. The van der Waals surface area contributed by atoms with Crippen molar-refractivity contribution in [3.05, 3.63) is 15.6 Å². The lowest BCUT2D eigenvalue weighted by Gasteiger charge is -2.20. The Morgan fingerprint density at radius 3 is 2.62 bits per heavy atom. The van der Waals surface area contributed by atoms with E-state index in [0.29, 0.717) is 12.8 Å². The first-order chi connectivity index (χ1) is 7.30. The van der Waals surface area contributed by atoms with Crippen molar-refractivity contribution in [2.75, 3.05) is 11.5 Å². The monoisotopic (exact) mass is 260 g/mol. The van der Waals surface area contributed by atoms with Crippen LogP contribution in [0.5, 0.6) is 0 Å². The number of aromatic nitrogens is 1. The number of sulfone groups is 1. The number of hydrogen-bond acceptors (Lipinski definition) is 5. The minimum atomic E-state index is -2.93. The van der Waals surface area contributed by atoms with Gasteiger partial charge in [0.05, 0.1) is 22.2 Å². The average Bonchev–Trinajstić information content (AvgIpc) is 2.54. The summed E-state index contributed by atoms with van der Waals surface area (Å²) in [6.45, 7) is 3.98. The first-order valence-electron chi connectivity index (χ1n) is 5.22. The SMILES string of the molecule is Cc1nc(CC2(N)CCS(=O)(=O)C2)sc1C. The van der Waals surface area contributed by atoms with Gasteiger partial charge in [0.1, 0.15) is 0 Å². The maximum atomic E-state index is 11.4. The quantitative estimate of drug-likeness (QED) is 0.854. The largest absolute Gasteiger partial charge is 0.324 e. The molecule has 1 aliphatic heterocycles. The van der Waals surface area contributed by atoms with Gasteiger partial charge in [0.25, 0.3) is 0 Å². The lowest BCUT2D eigenvalue weighted by atomic mass is 9.97. The van der Waals surface area contributed by atoms with Crippen LogP contribution < -0.4 is 5.73 Å². The maximum absolute atomic E-state index is 11.4. The second-order valence-electron chi connectivity index (χ2n) is 4.63. The van der Waals surface area contributed by atoms with E-state index in [1.54, 1.807) is 11.3 Å². The van der Waals surface area contributed by atoms with Crippen LogP contribution in [0.4, 0.5) is 0 Å². The van der Waals surface area contributed by atoms with Gasteiger partial charge in [-0.1, -0.05) is 0 Å². The van der Waals surface area contributed by atoms with Crippen molar-refractivity contribution in [2.45, 2.75) is 32.2 Å². The van der Waals surface area contributed by atoms with E-state index < -0.39 is 15.4 Å². The number of aryl methyl sites for hydroxylation is 2. The second kappa shape index (κ2) is 3.78. The number of rotatable bonds is 2. The molecular formula is C10H16N2O2S2. The molecule has 0 radical (unpaired) electrons. The number of thiazole rings is 1. The van der Waals surface area contributed by atoms with E-state index in [9.17, 15) is 8.42 Å². The summed E-state index contributed by atoms with van der Waals surface area (Å²) in [5.41, 5.74) is 6.53. The number of nitrogens with zero attached hydrogens (tertiary/aromatic N) is 1. The van der Waals surface area contributed by atoms with Crippen molar-refractivity contribution < 1.29 is 8.42 Å². The number of hydrogen-bond donors (Lipinski definition) is 1. The molecule has 4 nitrogen and oxygen atoms in total. The van der Waals surface area contributed by atoms with E-state index in [0.717, 1.165) is 10.7 Å². The minimum absolute atomic E-state index is 0.0949. The van der Waals surface area contributed by atoms with Gasteiger partial charge in [0.2, 0.25) is 0 Å². The van der Waals surface area contributed by atoms with Gasteiger partial charge in [-0.2, -0.15) is 0 Å². The summed E-state index contributed by atoms with van der Waals surface area (Å²) in [5, 5.41) is 0.953. The molecular weight excluding hydrogens is 244 g/mol. The summed E-state index contributed by atoms with van der Waals surface area (Å²) in [5.74, 6) is 0.310. The molecule has 2 N–H and O–H groups in total. The van der Waals surface area contributed by atoms with Crippen molar-refractivity contribution in [1.82, 2.24) is 4.98 Å². The van der Waals surface area contributed by atoms with Crippen LogP contribution in [0.25, 0.3) is 0 Å². The normalized spacial score (nSPS) is 28.4. The van der Waals surface area contributed by atoms with Crippen LogP contribution in [-0.4, -0.2) is 30.4 Å². The zero-order valence-electron chi connectivity index (χ0n) is 9.49. The predicted octanol–water partition coefficient (Wildman–Crippen LogP) is 0.818. The van der Waals surface area contributed by atoms with Gasteiger partial charge < -0.3 is 5.73 Å². The van der Waals surface area contributed by atoms with Gasteiger partial charge in [-0.15, -0.1) is 11.3 Å². The molecule has 1 fully saturated rings. The Labute approximate surface area is 99.8 Å². The van der Waals surface area contributed by atoms with E-state index >= 15 is 0 Å². The van der Waals surface area contributed by atoms with Gasteiger partial charge in [-0.3, -0.25) is 0 Å². The van der Waals surface area contributed by atoms with E-state index in [-0.39, 0.29) is 11.5 Å². The molecule has 0 spiro atoms. The molecule has 0 aromatic carbocycles.